The molecule has 1 atom stereocenters. The molecule has 1 fully saturated rings. The van der Waals surface area contributed by atoms with Gasteiger partial charge in [-0.25, -0.2) is 0 Å². The first kappa shape index (κ1) is 16.0. The smallest absolute Gasteiger partial charge is 0.222 e. The van der Waals surface area contributed by atoms with Crippen molar-refractivity contribution < 1.29 is 9.59 Å². The summed E-state index contributed by atoms with van der Waals surface area (Å²) >= 11 is 0. The van der Waals surface area contributed by atoms with E-state index in [2.05, 4.69) is 19.2 Å². The summed E-state index contributed by atoms with van der Waals surface area (Å²) in [5, 5.41) is 2.74. The highest BCUT2D eigenvalue weighted by Gasteiger charge is 2.34. The number of nitrogens with one attached hydrogen (secondary N) is 1. The van der Waals surface area contributed by atoms with Crippen LogP contribution in [0.3, 0.4) is 0 Å². The molecule has 1 saturated heterocycles. The fourth-order valence-corrected chi connectivity index (χ4v) is 2.43. The quantitative estimate of drug-likeness (QED) is 0.778. The van der Waals surface area contributed by atoms with Gasteiger partial charge in [-0.2, -0.15) is 0 Å². The van der Waals surface area contributed by atoms with Crippen molar-refractivity contribution in [3.8, 4) is 0 Å². The van der Waals surface area contributed by atoms with Gasteiger partial charge in [-0.15, -0.1) is 0 Å². The van der Waals surface area contributed by atoms with E-state index in [0.29, 0.717) is 32.4 Å². The lowest BCUT2D eigenvalue weighted by molar-refractivity contribution is -0.134. The van der Waals surface area contributed by atoms with E-state index in [0.717, 1.165) is 13.0 Å². The van der Waals surface area contributed by atoms with Gasteiger partial charge < -0.3 is 16.0 Å². The molecule has 0 aromatic rings. The number of nitrogens with two attached hydrogens (primary N) is 1. The molecule has 5 nitrogen and oxygen atoms in total. The molecule has 1 aliphatic rings. The fraction of sp³-hybridized carbons (Fsp3) is 0.857. The minimum Gasteiger partial charge on any atom is -0.356 e. The van der Waals surface area contributed by atoms with Gasteiger partial charge in [-0.3, -0.25) is 9.59 Å². The maximum atomic E-state index is 12.1. The summed E-state index contributed by atoms with van der Waals surface area (Å²) in [6, 6.07) is 0.159. The Hall–Kier alpha value is -1.10. The summed E-state index contributed by atoms with van der Waals surface area (Å²) in [7, 11) is 0. The maximum Gasteiger partial charge on any atom is 0.222 e. The Bertz CT molecular complexity index is 329. The second kappa shape index (κ2) is 6.89. The highest BCUT2D eigenvalue weighted by molar-refractivity contribution is 5.79. The molecule has 0 aliphatic carbocycles. The average molecular weight is 269 g/mol. The van der Waals surface area contributed by atoms with E-state index >= 15 is 0 Å². The number of amides is 2. The Morgan fingerprint density at radius 1 is 1.37 bits per heavy atom. The van der Waals surface area contributed by atoms with Gasteiger partial charge in [0.1, 0.15) is 0 Å². The molecule has 1 unspecified atom stereocenters. The number of carbonyl (C=O) groups excluding carboxylic acids is 2. The standard InChI is InChI=1S/C14H27N3O2/c1-4-16-12(18)6-5-7-13(19)17-9-8-11(15)14(2,3)10-17/h11H,4-10,15H2,1-3H3,(H,16,18). The van der Waals surface area contributed by atoms with Crippen LogP contribution in [0.5, 0.6) is 0 Å². The van der Waals surface area contributed by atoms with Crippen molar-refractivity contribution >= 4 is 11.8 Å². The number of rotatable bonds is 5. The number of piperidine rings is 1. The van der Waals surface area contributed by atoms with E-state index in [1.54, 1.807) is 0 Å². The number of likely N-dealkylation sites (tertiary alicyclic amines) is 1. The number of hydrogen-bond acceptors (Lipinski definition) is 3. The third-order valence-electron chi connectivity index (χ3n) is 3.83. The summed E-state index contributed by atoms with van der Waals surface area (Å²) in [6.07, 6.45) is 2.35. The van der Waals surface area contributed by atoms with Gasteiger partial charge in [0.15, 0.2) is 0 Å². The van der Waals surface area contributed by atoms with Gasteiger partial charge in [0.05, 0.1) is 0 Å². The number of carbonyl (C=O) groups is 2. The van der Waals surface area contributed by atoms with Gasteiger partial charge in [0, 0.05) is 38.5 Å². The summed E-state index contributed by atoms with van der Waals surface area (Å²) in [4.78, 5) is 25.3. The molecule has 19 heavy (non-hydrogen) atoms. The molecule has 0 aromatic heterocycles. The fourth-order valence-electron chi connectivity index (χ4n) is 2.43. The number of hydrogen-bond donors (Lipinski definition) is 2. The zero-order valence-corrected chi connectivity index (χ0v) is 12.4. The van der Waals surface area contributed by atoms with Crippen molar-refractivity contribution in [2.45, 2.75) is 52.5 Å². The Morgan fingerprint density at radius 2 is 2.05 bits per heavy atom. The molecular formula is C14H27N3O2. The largest absolute Gasteiger partial charge is 0.356 e. The van der Waals surface area contributed by atoms with Gasteiger partial charge in [-0.1, -0.05) is 13.8 Å². The molecule has 0 radical (unpaired) electrons. The van der Waals surface area contributed by atoms with Crippen LogP contribution in [0.2, 0.25) is 0 Å². The van der Waals surface area contributed by atoms with Gasteiger partial charge in [-0.05, 0) is 25.2 Å². The van der Waals surface area contributed by atoms with E-state index in [1.165, 1.54) is 0 Å². The highest BCUT2D eigenvalue weighted by Crippen LogP contribution is 2.28. The first-order valence-corrected chi connectivity index (χ1v) is 7.17. The molecular weight excluding hydrogens is 242 g/mol. The summed E-state index contributed by atoms with van der Waals surface area (Å²) in [5.74, 6) is 0.167. The highest BCUT2D eigenvalue weighted by atomic mass is 16.2. The molecule has 0 aromatic carbocycles. The minimum atomic E-state index is -0.0203. The summed E-state index contributed by atoms with van der Waals surface area (Å²) < 4.78 is 0. The molecule has 0 saturated carbocycles. The lowest BCUT2D eigenvalue weighted by atomic mass is 9.79. The molecule has 5 heteroatoms. The molecule has 1 aliphatic heterocycles. The van der Waals surface area contributed by atoms with Crippen molar-refractivity contribution in [1.29, 1.82) is 0 Å². The predicted molar refractivity (Wildman–Crippen MR) is 75.5 cm³/mol. The molecule has 1 rings (SSSR count). The maximum absolute atomic E-state index is 12.1. The van der Waals surface area contributed by atoms with E-state index in [-0.39, 0.29) is 23.3 Å². The second-order valence-electron chi connectivity index (χ2n) is 6.01. The van der Waals surface area contributed by atoms with Crippen molar-refractivity contribution in [3.63, 3.8) is 0 Å². The molecule has 2 amide bonds. The zero-order valence-electron chi connectivity index (χ0n) is 12.4. The zero-order chi connectivity index (χ0) is 14.5. The van der Waals surface area contributed by atoms with Crippen LogP contribution < -0.4 is 11.1 Å². The Kier molecular flexibility index (Phi) is 5.79. The normalized spacial score (nSPS) is 22.1. The van der Waals surface area contributed by atoms with Crippen LogP contribution in [0.1, 0.15) is 46.5 Å². The number of nitrogens with zero attached hydrogens (tertiary/aromatic N) is 1. The Labute approximate surface area is 115 Å². The first-order valence-electron chi connectivity index (χ1n) is 7.17. The van der Waals surface area contributed by atoms with Gasteiger partial charge in [0.25, 0.3) is 0 Å². The van der Waals surface area contributed by atoms with E-state index in [4.69, 9.17) is 5.73 Å². The van der Waals surface area contributed by atoms with Crippen LogP contribution >= 0.6 is 0 Å². The second-order valence-corrected chi connectivity index (χ2v) is 6.01. The topological polar surface area (TPSA) is 75.4 Å². The SMILES string of the molecule is CCNC(=O)CCCC(=O)N1CCC(N)C(C)(C)C1. The third kappa shape index (κ3) is 4.82. The molecule has 0 bridgehead atoms. The third-order valence-corrected chi connectivity index (χ3v) is 3.83. The van der Waals surface area contributed by atoms with Crippen molar-refractivity contribution in [2.75, 3.05) is 19.6 Å². The van der Waals surface area contributed by atoms with Crippen LogP contribution in [0.15, 0.2) is 0 Å². The van der Waals surface area contributed by atoms with E-state index in [1.807, 2.05) is 11.8 Å². The van der Waals surface area contributed by atoms with Crippen molar-refractivity contribution in [3.05, 3.63) is 0 Å². The van der Waals surface area contributed by atoms with Crippen molar-refractivity contribution in [1.82, 2.24) is 10.2 Å². The van der Waals surface area contributed by atoms with E-state index < -0.39 is 0 Å². The van der Waals surface area contributed by atoms with E-state index in [9.17, 15) is 9.59 Å². The average Bonchev–Trinajstić information content (AvgIpc) is 2.32. The van der Waals surface area contributed by atoms with Crippen LogP contribution in [0.4, 0.5) is 0 Å². The molecule has 110 valence electrons. The molecule has 1 heterocycles. The predicted octanol–water partition coefficient (Wildman–Crippen LogP) is 0.879. The van der Waals surface area contributed by atoms with Crippen LogP contribution in [-0.2, 0) is 9.59 Å². The van der Waals surface area contributed by atoms with Gasteiger partial charge >= 0.3 is 0 Å². The molecule has 3 N–H and O–H groups in total. The first-order chi connectivity index (χ1) is 8.86. The molecule has 0 spiro atoms. The van der Waals surface area contributed by atoms with Crippen LogP contribution in [0.25, 0.3) is 0 Å². The summed E-state index contributed by atoms with van der Waals surface area (Å²) in [6.45, 7) is 8.20. The Morgan fingerprint density at radius 3 is 2.63 bits per heavy atom. The Balaban J connectivity index is 2.32. The lowest BCUT2D eigenvalue weighted by Crippen LogP contribution is -2.53. The summed E-state index contributed by atoms with van der Waals surface area (Å²) in [5.41, 5.74) is 6.04. The van der Waals surface area contributed by atoms with Crippen LogP contribution in [0, 0.1) is 5.41 Å². The van der Waals surface area contributed by atoms with Crippen LogP contribution in [-0.4, -0.2) is 42.4 Å². The lowest BCUT2D eigenvalue weighted by Gasteiger charge is -2.42. The minimum absolute atomic E-state index is 0.0203. The monoisotopic (exact) mass is 269 g/mol. The van der Waals surface area contributed by atoms with Gasteiger partial charge in [0.2, 0.25) is 11.8 Å². The van der Waals surface area contributed by atoms with Crippen molar-refractivity contribution in [2.24, 2.45) is 11.1 Å².